The Hall–Kier alpha value is -2.06. The molecule has 0 bridgehead atoms. The van der Waals surface area contributed by atoms with Crippen LogP contribution in [0.1, 0.15) is 18.5 Å². The Balaban J connectivity index is 1.95. The maximum Gasteiger partial charge on any atom is 0.240 e. The maximum absolute atomic E-state index is 13.9. The molecule has 1 atom stereocenters. The van der Waals surface area contributed by atoms with Gasteiger partial charge < -0.3 is 10.1 Å². The van der Waals surface area contributed by atoms with Gasteiger partial charge in [0.05, 0.1) is 13.7 Å². The highest BCUT2D eigenvalue weighted by Crippen LogP contribution is 2.27. The van der Waals surface area contributed by atoms with Crippen LogP contribution in [0.3, 0.4) is 0 Å². The number of nitrogens with one attached hydrogen (secondary N) is 2. The van der Waals surface area contributed by atoms with Crippen LogP contribution in [0.15, 0.2) is 23.7 Å². The SMILES string of the molecule is COc1cccc(F)c1C(C)NCC(=O)Nc1nncs1. The van der Waals surface area contributed by atoms with E-state index in [1.54, 1.807) is 19.1 Å². The number of amides is 1. The summed E-state index contributed by atoms with van der Waals surface area (Å²) in [4.78, 5) is 11.7. The second-order valence-corrected chi connectivity index (χ2v) is 5.08. The molecule has 0 saturated carbocycles. The molecule has 1 amide bonds. The number of hydrogen-bond donors (Lipinski definition) is 2. The monoisotopic (exact) mass is 310 g/mol. The first-order chi connectivity index (χ1) is 10.1. The number of halogens is 1. The van der Waals surface area contributed by atoms with Crippen molar-refractivity contribution in [2.45, 2.75) is 13.0 Å². The zero-order valence-corrected chi connectivity index (χ0v) is 12.4. The van der Waals surface area contributed by atoms with Crippen molar-refractivity contribution in [2.75, 3.05) is 19.0 Å². The summed E-state index contributed by atoms with van der Waals surface area (Å²) in [5.41, 5.74) is 1.92. The topological polar surface area (TPSA) is 76.1 Å². The molecule has 6 nitrogen and oxygen atoms in total. The molecule has 1 aromatic heterocycles. The lowest BCUT2D eigenvalue weighted by Crippen LogP contribution is -2.30. The highest BCUT2D eigenvalue weighted by Gasteiger charge is 2.17. The van der Waals surface area contributed by atoms with Crippen LogP contribution < -0.4 is 15.4 Å². The molecule has 0 spiro atoms. The standard InChI is InChI=1S/C13H15FN4O2S/c1-8(12-9(14)4-3-5-10(12)20-2)15-6-11(19)17-13-18-16-7-21-13/h3-5,7-8,15H,6H2,1-2H3,(H,17,18,19). The molecule has 2 rings (SSSR count). The van der Waals surface area contributed by atoms with E-state index in [1.807, 2.05) is 0 Å². The first-order valence-electron chi connectivity index (χ1n) is 6.23. The van der Waals surface area contributed by atoms with Crippen molar-refractivity contribution >= 4 is 22.4 Å². The normalized spacial score (nSPS) is 12.0. The maximum atomic E-state index is 13.9. The molecule has 0 aliphatic rings. The number of nitrogens with zero attached hydrogens (tertiary/aromatic N) is 2. The van der Waals surface area contributed by atoms with Crippen LogP contribution in [-0.4, -0.2) is 29.8 Å². The van der Waals surface area contributed by atoms with Gasteiger partial charge in [-0.25, -0.2) is 4.39 Å². The molecular formula is C13H15FN4O2S. The third kappa shape index (κ3) is 3.96. The minimum Gasteiger partial charge on any atom is -0.496 e. The number of ether oxygens (including phenoxy) is 1. The molecule has 8 heteroatoms. The van der Waals surface area contributed by atoms with Gasteiger partial charge in [-0.2, -0.15) is 0 Å². The van der Waals surface area contributed by atoms with Gasteiger partial charge in [-0.3, -0.25) is 10.1 Å². The molecular weight excluding hydrogens is 295 g/mol. The van der Waals surface area contributed by atoms with Crippen LogP contribution in [0.5, 0.6) is 5.75 Å². The molecule has 1 unspecified atom stereocenters. The minimum atomic E-state index is -0.376. The van der Waals surface area contributed by atoms with E-state index in [2.05, 4.69) is 20.8 Å². The smallest absolute Gasteiger partial charge is 0.240 e. The third-order valence-electron chi connectivity index (χ3n) is 2.84. The Morgan fingerprint density at radius 2 is 2.33 bits per heavy atom. The Morgan fingerprint density at radius 1 is 1.52 bits per heavy atom. The second kappa shape index (κ2) is 7.09. The van der Waals surface area contributed by atoms with E-state index in [-0.39, 0.29) is 24.3 Å². The molecule has 21 heavy (non-hydrogen) atoms. The van der Waals surface area contributed by atoms with Crippen LogP contribution in [-0.2, 0) is 4.79 Å². The van der Waals surface area contributed by atoms with Gasteiger partial charge in [-0.15, -0.1) is 10.2 Å². The largest absolute Gasteiger partial charge is 0.496 e. The molecule has 0 aliphatic carbocycles. The van der Waals surface area contributed by atoms with E-state index < -0.39 is 0 Å². The second-order valence-electron chi connectivity index (χ2n) is 4.25. The van der Waals surface area contributed by atoms with Gasteiger partial charge in [0.25, 0.3) is 0 Å². The fourth-order valence-electron chi connectivity index (χ4n) is 1.85. The van der Waals surface area contributed by atoms with Gasteiger partial charge in [-0.1, -0.05) is 17.4 Å². The van der Waals surface area contributed by atoms with Gasteiger partial charge in [0.2, 0.25) is 11.0 Å². The number of rotatable bonds is 6. The molecule has 0 radical (unpaired) electrons. The first kappa shape index (κ1) is 15.3. The Labute approximate surface area is 125 Å². The van der Waals surface area contributed by atoms with Crippen LogP contribution >= 0.6 is 11.3 Å². The minimum absolute atomic E-state index is 0.0260. The zero-order chi connectivity index (χ0) is 15.2. The first-order valence-corrected chi connectivity index (χ1v) is 7.11. The molecule has 0 aliphatic heterocycles. The van der Waals surface area contributed by atoms with Crippen LogP contribution in [0.25, 0.3) is 0 Å². The molecule has 2 N–H and O–H groups in total. The molecule has 112 valence electrons. The lowest BCUT2D eigenvalue weighted by Gasteiger charge is -2.17. The number of carbonyl (C=O) groups excluding carboxylic acids is 1. The summed E-state index contributed by atoms with van der Waals surface area (Å²) in [7, 11) is 1.48. The highest BCUT2D eigenvalue weighted by atomic mass is 32.1. The Bertz CT molecular complexity index is 606. The van der Waals surface area contributed by atoms with Crippen molar-refractivity contribution in [3.8, 4) is 5.75 Å². The molecule has 2 aromatic rings. The predicted molar refractivity (Wildman–Crippen MR) is 77.9 cm³/mol. The number of aromatic nitrogens is 2. The number of benzene rings is 1. The summed E-state index contributed by atoms with van der Waals surface area (Å²) < 4.78 is 19.0. The van der Waals surface area contributed by atoms with E-state index >= 15 is 0 Å². The average Bonchev–Trinajstić information content (AvgIpc) is 2.97. The lowest BCUT2D eigenvalue weighted by molar-refractivity contribution is -0.115. The van der Waals surface area contributed by atoms with Crippen molar-refractivity contribution in [3.63, 3.8) is 0 Å². The zero-order valence-electron chi connectivity index (χ0n) is 11.6. The summed E-state index contributed by atoms with van der Waals surface area (Å²) in [5.74, 6) is -0.202. The number of hydrogen-bond acceptors (Lipinski definition) is 6. The quantitative estimate of drug-likeness (QED) is 0.853. The summed E-state index contributed by atoms with van der Waals surface area (Å²) in [6.07, 6.45) is 0. The summed E-state index contributed by atoms with van der Waals surface area (Å²) in [5, 5.41) is 13.3. The average molecular weight is 310 g/mol. The predicted octanol–water partition coefficient (Wildman–Crippen LogP) is 1.98. The van der Waals surface area contributed by atoms with Gasteiger partial charge >= 0.3 is 0 Å². The number of carbonyl (C=O) groups is 1. The number of methoxy groups -OCH3 is 1. The van der Waals surface area contributed by atoms with Crippen molar-refractivity contribution in [2.24, 2.45) is 0 Å². The van der Waals surface area contributed by atoms with Crippen LogP contribution in [0.4, 0.5) is 9.52 Å². The molecule has 1 heterocycles. The van der Waals surface area contributed by atoms with Gasteiger partial charge in [0.15, 0.2) is 0 Å². The van der Waals surface area contributed by atoms with Gasteiger partial charge in [-0.05, 0) is 19.1 Å². The van der Waals surface area contributed by atoms with Gasteiger partial charge in [0, 0.05) is 11.6 Å². The summed E-state index contributed by atoms with van der Waals surface area (Å²) in [6, 6.07) is 4.24. The summed E-state index contributed by atoms with van der Waals surface area (Å²) >= 11 is 1.23. The van der Waals surface area contributed by atoms with E-state index in [1.165, 1.54) is 30.0 Å². The summed E-state index contributed by atoms with van der Waals surface area (Å²) in [6.45, 7) is 1.79. The van der Waals surface area contributed by atoms with E-state index in [0.717, 1.165) is 0 Å². The molecule has 0 fully saturated rings. The van der Waals surface area contributed by atoms with E-state index in [0.29, 0.717) is 16.4 Å². The van der Waals surface area contributed by atoms with Crippen molar-refractivity contribution < 1.29 is 13.9 Å². The van der Waals surface area contributed by atoms with Crippen LogP contribution in [0.2, 0.25) is 0 Å². The fraction of sp³-hybridized carbons (Fsp3) is 0.308. The highest BCUT2D eigenvalue weighted by molar-refractivity contribution is 7.13. The Kier molecular flexibility index (Phi) is 5.18. The lowest BCUT2D eigenvalue weighted by atomic mass is 10.1. The van der Waals surface area contributed by atoms with Gasteiger partial charge in [0.1, 0.15) is 17.1 Å². The van der Waals surface area contributed by atoms with Crippen molar-refractivity contribution in [1.29, 1.82) is 0 Å². The van der Waals surface area contributed by atoms with Crippen LogP contribution in [0, 0.1) is 5.82 Å². The Morgan fingerprint density at radius 3 is 3.00 bits per heavy atom. The third-order valence-corrected chi connectivity index (χ3v) is 3.45. The van der Waals surface area contributed by atoms with E-state index in [4.69, 9.17) is 4.74 Å². The van der Waals surface area contributed by atoms with Crippen molar-refractivity contribution in [3.05, 3.63) is 35.1 Å². The van der Waals surface area contributed by atoms with E-state index in [9.17, 15) is 9.18 Å². The van der Waals surface area contributed by atoms with Crippen molar-refractivity contribution in [1.82, 2.24) is 15.5 Å². The molecule has 1 aromatic carbocycles. The number of anilines is 1. The fourth-order valence-corrected chi connectivity index (χ4v) is 2.32. The molecule has 0 saturated heterocycles.